The van der Waals surface area contributed by atoms with Crippen molar-refractivity contribution >= 4 is 0 Å². The van der Waals surface area contributed by atoms with E-state index in [0.29, 0.717) is 5.54 Å². The van der Waals surface area contributed by atoms with E-state index in [1.807, 2.05) is 0 Å². The first-order valence-corrected chi connectivity index (χ1v) is 7.08. The molecule has 0 amide bonds. The third kappa shape index (κ3) is 1.80. The summed E-state index contributed by atoms with van der Waals surface area (Å²) in [6.07, 6.45) is 6.82. The predicted octanol–water partition coefficient (Wildman–Crippen LogP) is 2.62. The van der Waals surface area contributed by atoms with E-state index >= 15 is 0 Å². The van der Waals surface area contributed by atoms with Gasteiger partial charge in [-0.25, -0.2) is 0 Å². The van der Waals surface area contributed by atoms with E-state index in [1.54, 1.807) is 0 Å². The molecule has 94 valence electrons. The Morgan fingerprint density at radius 1 is 1.19 bits per heavy atom. The summed E-state index contributed by atoms with van der Waals surface area (Å²) in [5.41, 5.74) is 6.48. The van der Waals surface area contributed by atoms with Gasteiger partial charge in [0.25, 0.3) is 0 Å². The van der Waals surface area contributed by atoms with Crippen LogP contribution in [0.25, 0.3) is 0 Å². The molecule has 4 unspecified atom stereocenters. The van der Waals surface area contributed by atoms with Crippen molar-refractivity contribution in [1.29, 1.82) is 0 Å². The smallest absolute Gasteiger partial charge is 0.0360 e. The molecule has 2 nitrogen and oxygen atoms in total. The Hall–Kier alpha value is -0.0800. The normalized spacial score (nSPS) is 46.1. The maximum atomic E-state index is 6.16. The molecule has 1 aliphatic heterocycles. The van der Waals surface area contributed by atoms with Crippen molar-refractivity contribution < 1.29 is 0 Å². The molecule has 16 heavy (non-hydrogen) atoms. The molecule has 2 rings (SSSR count). The maximum absolute atomic E-state index is 6.16. The van der Waals surface area contributed by atoms with E-state index in [1.165, 1.54) is 38.6 Å². The highest BCUT2D eigenvalue weighted by Crippen LogP contribution is 2.43. The van der Waals surface area contributed by atoms with E-state index in [-0.39, 0.29) is 0 Å². The topological polar surface area (TPSA) is 29.3 Å². The van der Waals surface area contributed by atoms with E-state index in [9.17, 15) is 0 Å². The molecule has 4 atom stereocenters. The van der Waals surface area contributed by atoms with Gasteiger partial charge in [0.05, 0.1) is 0 Å². The zero-order chi connectivity index (χ0) is 11.8. The molecule has 1 aliphatic carbocycles. The highest BCUT2D eigenvalue weighted by atomic mass is 15.2. The summed E-state index contributed by atoms with van der Waals surface area (Å²) in [5, 5.41) is 0. The molecule has 2 N–H and O–H groups in total. The van der Waals surface area contributed by atoms with Crippen molar-refractivity contribution in [2.24, 2.45) is 17.6 Å². The molecular weight excluding hydrogens is 196 g/mol. The zero-order valence-corrected chi connectivity index (χ0v) is 11.2. The van der Waals surface area contributed by atoms with Crippen LogP contribution in [-0.4, -0.2) is 29.6 Å². The van der Waals surface area contributed by atoms with Gasteiger partial charge in [-0.2, -0.15) is 0 Å². The van der Waals surface area contributed by atoms with Crippen molar-refractivity contribution in [2.45, 2.75) is 64.5 Å². The number of nitrogens with two attached hydrogens (primary N) is 1. The summed E-state index contributed by atoms with van der Waals surface area (Å²) >= 11 is 0. The lowest BCUT2D eigenvalue weighted by atomic mass is 9.80. The summed E-state index contributed by atoms with van der Waals surface area (Å²) in [6.45, 7) is 9.34. The third-order valence-corrected chi connectivity index (χ3v) is 5.46. The van der Waals surface area contributed by atoms with Gasteiger partial charge in [-0.05, 0) is 51.0 Å². The van der Waals surface area contributed by atoms with E-state index in [4.69, 9.17) is 5.73 Å². The fourth-order valence-corrected chi connectivity index (χ4v) is 4.04. The van der Waals surface area contributed by atoms with Crippen LogP contribution in [0.2, 0.25) is 0 Å². The Bertz CT molecular complexity index is 241. The van der Waals surface area contributed by atoms with E-state index < -0.39 is 0 Å². The van der Waals surface area contributed by atoms with E-state index in [0.717, 1.165) is 24.4 Å². The number of hydrogen-bond acceptors (Lipinski definition) is 2. The van der Waals surface area contributed by atoms with Crippen molar-refractivity contribution in [3.63, 3.8) is 0 Å². The van der Waals surface area contributed by atoms with Crippen LogP contribution in [0, 0.1) is 11.8 Å². The Morgan fingerprint density at radius 3 is 2.50 bits per heavy atom. The van der Waals surface area contributed by atoms with Crippen molar-refractivity contribution in [2.75, 3.05) is 13.1 Å². The lowest BCUT2D eigenvalue weighted by Gasteiger charge is -2.51. The molecule has 1 heterocycles. The van der Waals surface area contributed by atoms with Gasteiger partial charge in [-0.3, -0.25) is 4.90 Å². The number of nitrogens with zero attached hydrogens (tertiary/aromatic N) is 1. The number of rotatable bonds is 2. The molecule has 0 aromatic rings. The van der Waals surface area contributed by atoms with Gasteiger partial charge in [0.2, 0.25) is 0 Å². The predicted molar refractivity (Wildman–Crippen MR) is 69.4 cm³/mol. The molecule has 0 bridgehead atoms. The minimum absolute atomic E-state index is 0.327. The SMILES string of the molecule is CC1CCCN(C2(CN)CCCC2C)C1C. The third-order valence-electron chi connectivity index (χ3n) is 5.46. The summed E-state index contributed by atoms with van der Waals surface area (Å²) < 4.78 is 0. The highest BCUT2D eigenvalue weighted by molar-refractivity contribution is 5.03. The summed E-state index contributed by atoms with van der Waals surface area (Å²) in [6, 6.07) is 0.720. The summed E-state index contributed by atoms with van der Waals surface area (Å²) in [7, 11) is 0. The van der Waals surface area contributed by atoms with Gasteiger partial charge in [0.1, 0.15) is 0 Å². The molecule has 1 saturated heterocycles. The van der Waals surface area contributed by atoms with Gasteiger partial charge in [-0.15, -0.1) is 0 Å². The van der Waals surface area contributed by atoms with Crippen molar-refractivity contribution in [3.8, 4) is 0 Å². The van der Waals surface area contributed by atoms with Gasteiger partial charge < -0.3 is 5.73 Å². The Balaban J connectivity index is 2.20. The molecular formula is C14H28N2. The van der Waals surface area contributed by atoms with Crippen LogP contribution in [0.15, 0.2) is 0 Å². The van der Waals surface area contributed by atoms with Crippen LogP contribution >= 0.6 is 0 Å². The van der Waals surface area contributed by atoms with Crippen molar-refractivity contribution in [3.05, 3.63) is 0 Å². The quantitative estimate of drug-likeness (QED) is 0.781. The molecule has 2 aliphatic rings. The molecule has 1 saturated carbocycles. The van der Waals surface area contributed by atoms with Crippen LogP contribution in [0.5, 0.6) is 0 Å². The zero-order valence-electron chi connectivity index (χ0n) is 11.2. The number of piperidine rings is 1. The molecule has 0 aromatic heterocycles. The lowest BCUT2D eigenvalue weighted by molar-refractivity contribution is -0.0144. The first-order valence-electron chi connectivity index (χ1n) is 7.08. The average Bonchev–Trinajstić information content (AvgIpc) is 2.65. The Labute approximate surface area is 101 Å². The second-order valence-corrected chi connectivity index (χ2v) is 6.15. The maximum Gasteiger partial charge on any atom is 0.0360 e. The largest absolute Gasteiger partial charge is 0.329 e. The highest BCUT2D eigenvalue weighted by Gasteiger charge is 2.47. The molecule has 0 aromatic carbocycles. The lowest BCUT2D eigenvalue weighted by Crippen LogP contribution is -2.61. The molecule has 0 radical (unpaired) electrons. The van der Waals surface area contributed by atoms with Crippen LogP contribution in [0.3, 0.4) is 0 Å². The first kappa shape index (κ1) is 12.4. The van der Waals surface area contributed by atoms with Gasteiger partial charge in [0, 0.05) is 18.1 Å². The average molecular weight is 224 g/mol. The minimum Gasteiger partial charge on any atom is -0.329 e. The number of likely N-dealkylation sites (tertiary alicyclic amines) is 1. The van der Waals surface area contributed by atoms with Crippen molar-refractivity contribution in [1.82, 2.24) is 4.90 Å². The van der Waals surface area contributed by atoms with Gasteiger partial charge >= 0.3 is 0 Å². The standard InChI is InChI=1S/C14H28N2/c1-11-6-5-9-16(13(11)3)14(10-15)8-4-7-12(14)2/h11-13H,4-10,15H2,1-3H3. The van der Waals surface area contributed by atoms with Crippen LogP contribution < -0.4 is 5.73 Å². The monoisotopic (exact) mass is 224 g/mol. The van der Waals surface area contributed by atoms with Gasteiger partial charge in [-0.1, -0.05) is 20.3 Å². The molecule has 2 heteroatoms. The van der Waals surface area contributed by atoms with Gasteiger partial charge in [0.15, 0.2) is 0 Å². The summed E-state index contributed by atoms with van der Waals surface area (Å²) in [5.74, 6) is 1.62. The second kappa shape index (κ2) is 4.66. The molecule has 0 spiro atoms. The Kier molecular flexibility index (Phi) is 3.60. The minimum atomic E-state index is 0.327. The number of hydrogen-bond donors (Lipinski definition) is 1. The van der Waals surface area contributed by atoms with Crippen LogP contribution in [0.4, 0.5) is 0 Å². The second-order valence-electron chi connectivity index (χ2n) is 6.15. The first-order chi connectivity index (χ1) is 7.62. The Morgan fingerprint density at radius 2 is 1.94 bits per heavy atom. The molecule has 2 fully saturated rings. The fraction of sp³-hybridized carbons (Fsp3) is 1.00. The van der Waals surface area contributed by atoms with Crippen LogP contribution in [0.1, 0.15) is 52.9 Å². The summed E-state index contributed by atoms with van der Waals surface area (Å²) in [4.78, 5) is 2.76. The van der Waals surface area contributed by atoms with Crippen LogP contribution in [-0.2, 0) is 0 Å². The fourth-order valence-electron chi connectivity index (χ4n) is 4.04. The van der Waals surface area contributed by atoms with E-state index in [2.05, 4.69) is 25.7 Å².